The monoisotopic (exact) mass is 240 g/mol. The Hall–Kier alpha value is -1.32. The molecule has 0 amide bonds. The molecule has 0 saturated heterocycles. The number of aromatic amines is 1. The van der Waals surface area contributed by atoms with Crippen LogP contribution < -0.4 is 5.56 Å². The fourth-order valence-electron chi connectivity index (χ4n) is 1.25. The predicted octanol–water partition coefficient (Wildman–Crippen LogP) is 2.74. The number of halogens is 2. The van der Waals surface area contributed by atoms with E-state index in [1.807, 2.05) is 0 Å². The number of benzene rings is 1. The zero-order valence-electron chi connectivity index (χ0n) is 7.50. The van der Waals surface area contributed by atoms with Crippen molar-refractivity contribution in [3.05, 3.63) is 51.1 Å². The third-order valence-electron chi connectivity index (χ3n) is 1.96. The van der Waals surface area contributed by atoms with Gasteiger partial charge in [0.1, 0.15) is 0 Å². The molecule has 0 saturated carbocycles. The van der Waals surface area contributed by atoms with E-state index < -0.39 is 0 Å². The second-order valence-corrected chi connectivity index (χ2v) is 3.68. The Labute approximate surface area is 95.7 Å². The van der Waals surface area contributed by atoms with Gasteiger partial charge in [-0.3, -0.25) is 4.79 Å². The average Bonchev–Trinajstić information content (AvgIpc) is 2.23. The molecular formula is C10H6Cl2N2O. The van der Waals surface area contributed by atoms with Gasteiger partial charge in [0.05, 0.1) is 21.9 Å². The molecule has 76 valence electrons. The van der Waals surface area contributed by atoms with Crippen LogP contribution in [-0.4, -0.2) is 9.97 Å². The molecule has 0 aliphatic rings. The summed E-state index contributed by atoms with van der Waals surface area (Å²) < 4.78 is 0. The fraction of sp³-hybridized carbons (Fsp3) is 0. The minimum atomic E-state index is -0.242. The summed E-state index contributed by atoms with van der Waals surface area (Å²) in [5, 5.41) is 0.773. The highest BCUT2D eigenvalue weighted by molar-refractivity contribution is 6.43. The van der Waals surface area contributed by atoms with Gasteiger partial charge in [-0.05, 0) is 6.07 Å². The van der Waals surface area contributed by atoms with Crippen LogP contribution in [0.4, 0.5) is 0 Å². The number of nitrogens with zero attached hydrogens (tertiary/aromatic N) is 1. The summed E-state index contributed by atoms with van der Waals surface area (Å²) in [6.45, 7) is 0. The van der Waals surface area contributed by atoms with Gasteiger partial charge in [0, 0.05) is 11.8 Å². The molecule has 2 aromatic rings. The van der Waals surface area contributed by atoms with Crippen molar-refractivity contribution in [3.8, 4) is 11.1 Å². The molecule has 15 heavy (non-hydrogen) atoms. The van der Waals surface area contributed by atoms with Gasteiger partial charge in [0.25, 0.3) is 5.56 Å². The lowest BCUT2D eigenvalue weighted by Crippen LogP contribution is -2.08. The van der Waals surface area contributed by atoms with Gasteiger partial charge in [-0.2, -0.15) is 0 Å². The van der Waals surface area contributed by atoms with Crippen molar-refractivity contribution in [1.29, 1.82) is 0 Å². The number of nitrogens with one attached hydrogen (secondary N) is 1. The van der Waals surface area contributed by atoms with E-state index in [1.165, 1.54) is 12.5 Å². The van der Waals surface area contributed by atoms with Gasteiger partial charge in [-0.15, -0.1) is 0 Å². The first-order valence-electron chi connectivity index (χ1n) is 4.17. The average molecular weight is 241 g/mol. The number of hydrogen-bond acceptors (Lipinski definition) is 2. The van der Waals surface area contributed by atoms with E-state index in [9.17, 15) is 4.79 Å². The summed E-state index contributed by atoms with van der Waals surface area (Å²) in [5.41, 5.74) is 0.748. The normalized spacial score (nSPS) is 10.3. The quantitative estimate of drug-likeness (QED) is 0.834. The smallest absolute Gasteiger partial charge is 0.258 e. The Balaban J connectivity index is 2.70. The van der Waals surface area contributed by atoms with Crippen LogP contribution in [-0.2, 0) is 0 Å². The SMILES string of the molecule is O=c1[nH]cncc1-c1cccc(Cl)c1Cl. The van der Waals surface area contributed by atoms with Gasteiger partial charge in [0.15, 0.2) is 0 Å². The molecule has 0 fully saturated rings. The zero-order valence-corrected chi connectivity index (χ0v) is 9.01. The molecule has 0 atom stereocenters. The van der Waals surface area contributed by atoms with Crippen molar-refractivity contribution in [2.24, 2.45) is 0 Å². The summed E-state index contributed by atoms with van der Waals surface area (Å²) >= 11 is 11.8. The molecule has 1 N–H and O–H groups in total. The Morgan fingerprint density at radius 2 is 2.00 bits per heavy atom. The first-order valence-corrected chi connectivity index (χ1v) is 4.93. The van der Waals surface area contributed by atoms with Crippen molar-refractivity contribution < 1.29 is 0 Å². The fourth-order valence-corrected chi connectivity index (χ4v) is 1.65. The van der Waals surface area contributed by atoms with Crippen molar-refractivity contribution in [2.45, 2.75) is 0 Å². The number of H-pyrrole nitrogens is 1. The van der Waals surface area contributed by atoms with Crippen LogP contribution in [0.5, 0.6) is 0 Å². The van der Waals surface area contributed by atoms with Crippen LogP contribution in [0.3, 0.4) is 0 Å². The summed E-state index contributed by atoms with van der Waals surface area (Å²) in [6.07, 6.45) is 2.78. The summed E-state index contributed by atoms with van der Waals surface area (Å²) in [7, 11) is 0. The summed E-state index contributed by atoms with van der Waals surface area (Å²) in [5.74, 6) is 0. The number of hydrogen-bond donors (Lipinski definition) is 1. The van der Waals surface area contributed by atoms with Crippen LogP contribution in [0.25, 0.3) is 11.1 Å². The van der Waals surface area contributed by atoms with E-state index in [0.717, 1.165) is 0 Å². The summed E-state index contributed by atoms with van der Waals surface area (Å²) in [6, 6.07) is 5.12. The standard InChI is InChI=1S/C10H6Cl2N2O/c11-8-3-1-2-6(9(8)12)7-4-13-5-14-10(7)15/h1-5H,(H,13,14,15). The first-order chi connectivity index (χ1) is 7.20. The maximum Gasteiger partial charge on any atom is 0.258 e. The highest BCUT2D eigenvalue weighted by atomic mass is 35.5. The second-order valence-electron chi connectivity index (χ2n) is 2.90. The topological polar surface area (TPSA) is 45.8 Å². The minimum Gasteiger partial charge on any atom is -0.313 e. The molecule has 2 rings (SSSR count). The van der Waals surface area contributed by atoms with Crippen molar-refractivity contribution in [2.75, 3.05) is 0 Å². The highest BCUT2D eigenvalue weighted by Gasteiger charge is 2.09. The molecule has 0 aliphatic heterocycles. The van der Waals surface area contributed by atoms with E-state index in [4.69, 9.17) is 23.2 Å². The lowest BCUT2D eigenvalue weighted by Gasteiger charge is -2.03. The molecule has 0 bridgehead atoms. The van der Waals surface area contributed by atoms with Crippen LogP contribution in [0.2, 0.25) is 10.0 Å². The second kappa shape index (κ2) is 4.04. The van der Waals surface area contributed by atoms with Crippen molar-refractivity contribution >= 4 is 23.2 Å². The zero-order chi connectivity index (χ0) is 10.8. The third kappa shape index (κ3) is 1.89. The van der Waals surface area contributed by atoms with E-state index in [2.05, 4.69) is 9.97 Å². The molecular weight excluding hydrogens is 235 g/mol. The van der Waals surface area contributed by atoms with Crippen LogP contribution in [0, 0.1) is 0 Å². The van der Waals surface area contributed by atoms with E-state index in [-0.39, 0.29) is 5.56 Å². The maximum absolute atomic E-state index is 11.5. The molecule has 1 heterocycles. The van der Waals surface area contributed by atoms with Crippen LogP contribution in [0.1, 0.15) is 0 Å². The highest BCUT2D eigenvalue weighted by Crippen LogP contribution is 2.31. The lowest BCUT2D eigenvalue weighted by molar-refractivity contribution is 1.12. The lowest BCUT2D eigenvalue weighted by atomic mass is 10.1. The molecule has 0 aliphatic carbocycles. The largest absolute Gasteiger partial charge is 0.313 e. The van der Waals surface area contributed by atoms with Gasteiger partial charge in [-0.25, -0.2) is 4.98 Å². The number of rotatable bonds is 1. The Morgan fingerprint density at radius 3 is 2.73 bits per heavy atom. The Morgan fingerprint density at radius 1 is 1.20 bits per heavy atom. The molecule has 0 radical (unpaired) electrons. The van der Waals surface area contributed by atoms with Gasteiger partial charge in [-0.1, -0.05) is 35.3 Å². The predicted molar refractivity (Wildman–Crippen MR) is 60.3 cm³/mol. The molecule has 1 aromatic heterocycles. The molecule has 0 spiro atoms. The van der Waals surface area contributed by atoms with Gasteiger partial charge in [0.2, 0.25) is 0 Å². The van der Waals surface area contributed by atoms with Gasteiger partial charge < -0.3 is 4.98 Å². The molecule has 5 heteroatoms. The molecule has 0 unspecified atom stereocenters. The van der Waals surface area contributed by atoms with Crippen molar-refractivity contribution in [1.82, 2.24) is 9.97 Å². The third-order valence-corrected chi connectivity index (χ3v) is 2.78. The Bertz CT molecular complexity index is 551. The van der Waals surface area contributed by atoms with E-state index in [1.54, 1.807) is 18.2 Å². The van der Waals surface area contributed by atoms with E-state index >= 15 is 0 Å². The van der Waals surface area contributed by atoms with Crippen molar-refractivity contribution in [3.63, 3.8) is 0 Å². The molecule has 1 aromatic carbocycles. The maximum atomic E-state index is 11.5. The molecule has 3 nitrogen and oxygen atoms in total. The Kier molecular flexibility index (Phi) is 2.75. The number of aromatic nitrogens is 2. The first kappa shape index (κ1) is 10.2. The summed E-state index contributed by atoms with van der Waals surface area (Å²) in [4.78, 5) is 17.8. The van der Waals surface area contributed by atoms with Crippen LogP contribution in [0.15, 0.2) is 35.5 Å². The van der Waals surface area contributed by atoms with Crippen LogP contribution >= 0.6 is 23.2 Å². The van der Waals surface area contributed by atoms with E-state index in [0.29, 0.717) is 21.2 Å². The minimum absolute atomic E-state index is 0.242. The van der Waals surface area contributed by atoms with Gasteiger partial charge >= 0.3 is 0 Å².